The van der Waals surface area contributed by atoms with Gasteiger partial charge in [0.15, 0.2) is 0 Å². The van der Waals surface area contributed by atoms with Crippen LogP contribution < -0.4 is 0 Å². The number of unbranched alkanes of at least 4 members (excludes halogenated alkanes) is 8. The Bertz CT molecular complexity index is 419. The summed E-state index contributed by atoms with van der Waals surface area (Å²) in [7, 11) is 0. The minimum atomic E-state index is -0.309. The molecule has 1 aliphatic rings. The molecule has 1 fully saturated rings. The fourth-order valence-electron chi connectivity index (χ4n) is 3.89. The van der Waals surface area contributed by atoms with Gasteiger partial charge in [0.25, 0.3) is 0 Å². The average molecular weight is 397 g/mol. The molecule has 28 heavy (non-hydrogen) atoms. The molecular weight excluding hydrogens is 352 g/mol. The van der Waals surface area contributed by atoms with Gasteiger partial charge in [-0.15, -0.1) is 0 Å². The normalized spacial score (nSPS) is 19.6. The Morgan fingerprint density at radius 3 is 1.71 bits per heavy atom. The van der Waals surface area contributed by atoms with Crippen molar-refractivity contribution in [2.45, 2.75) is 111 Å². The topological polar surface area (TPSA) is 52.6 Å². The van der Waals surface area contributed by atoms with Crippen molar-refractivity contribution in [3.63, 3.8) is 0 Å². The van der Waals surface area contributed by atoms with Crippen molar-refractivity contribution in [2.24, 2.45) is 17.8 Å². The fraction of sp³-hybridized carbons (Fsp3) is 0.917. The summed E-state index contributed by atoms with van der Waals surface area (Å²) in [5.41, 5.74) is 0. The summed E-state index contributed by atoms with van der Waals surface area (Å²) in [5.74, 6) is -0.498. The Balaban J connectivity index is 2.19. The number of hydrogen-bond acceptors (Lipinski definition) is 4. The van der Waals surface area contributed by atoms with E-state index >= 15 is 0 Å². The summed E-state index contributed by atoms with van der Waals surface area (Å²) < 4.78 is 10.9. The molecule has 1 saturated carbocycles. The van der Waals surface area contributed by atoms with Crippen molar-refractivity contribution in [3.8, 4) is 0 Å². The lowest BCUT2D eigenvalue weighted by atomic mass is 9.79. The Labute approximate surface area is 173 Å². The molecule has 2 unspecified atom stereocenters. The summed E-state index contributed by atoms with van der Waals surface area (Å²) in [4.78, 5) is 24.9. The van der Waals surface area contributed by atoms with Crippen LogP contribution in [0.5, 0.6) is 0 Å². The van der Waals surface area contributed by atoms with Crippen LogP contribution >= 0.6 is 0 Å². The first kappa shape index (κ1) is 25.0. The third-order valence-corrected chi connectivity index (χ3v) is 5.80. The van der Waals surface area contributed by atoms with Crippen molar-refractivity contribution < 1.29 is 19.1 Å². The molecule has 0 aromatic heterocycles. The smallest absolute Gasteiger partial charge is 0.309 e. The quantitative estimate of drug-likeness (QED) is 0.235. The highest BCUT2D eigenvalue weighted by Crippen LogP contribution is 2.32. The summed E-state index contributed by atoms with van der Waals surface area (Å²) in [6.07, 6.45) is 15.6. The standard InChI is InChI=1S/C24H44O4/c1-4-5-6-7-8-9-10-11-14-18-27-23(25)21-15-12-13-16-22(21)24(26)28-19-17-20(2)3/h20-22H,4-19H2,1-3H3. The molecule has 0 aliphatic heterocycles. The molecule has 0 amide bonds. The average Bonchev–Trinajstić information content (AvgIpc) is 2.69. The maximum atomic E-state index is 12.5. The van der Waals surface area contributed by atoms with Gasteiger partial charge < -0.3 is 9.47 Å². The summed E-state index contributed by atoms with van der Waals surface area (Å²) in [6.45, 7) is 7.41. The van der Waals surface area contributed by atoms with E-state index in [1.165, 1.54) is 44.9 Å². The molecule has 0 radical (unpaired) electrons. The molecule has 0 saturated heterocycles. The number of carbonyl (C=O) groups is 2. The zero-order valence-corrected chi connectivity index (χ0v) is 18.7. The maximum absolute atomic E-state index is 12.5. The van der Waals surface area contributed by atoms with E-state index in [1.54, 1.807) is 0 Å². The number of hydrogen-bond donors (Lipinski definition) is 0. The van der Waals surface area contributed by atoms with Gasteiger partial charge >= 0.3 is 11.9 Å². The lowest BCUT2D eigenvalue weighted by Crippen LogP contribution is -2.35. The van der Waals surface area contributed by atoms with E-state index in [-0.39, 0.29) is 23.8 Å². The predicted octanol–water partition coefficient (Wildman–Crippen LogP) is 6.46. The summed E-state index contributed by atoms with van der Waals surface area (Å²) in [6, 6.07) is 0. The van der Waals surface area contributed by atoms with Gasteiger partial charge in [0.1, 0.15) is 0 Å². The van der Waals surface area contributed by atoms with Gasteiger partial charge in [0.2, 0.25) is 0 Å². The SMILES string of the molecule is CCCCCCCCCCCOC(=O)C1CCCCC1C(=O)OCCC(C)C. The van der Waals surface area contributed by atoms with Crippen LogP contribution in [-0.2, 0) is 19.1 Å². The largest absolute Gasteiger partial charge is 0.465 e. The minimum absolute atomic E-state index is 0.190. The Hall–Kier alpha value is -1.06. The van der Waals surface area contributed by atoms with Crippen molar-refractivity contribution in [3.05, 3.63) is 0 Å². The highest BCUT2D eigenvalue weighted by atomic mass is 16.5. The molecule has 0 aromatic carbocycles. The third-order valence-electron chi connectivity index (χ3n) is 5.80. The number of esters is 2. The predicted molar refractivity (Wildman–Crippen MR) is 114 cm³/mol. The van der Waals surface area contributed by atoms with E-state index in [1.807, 2.05) is 0 Å². The molecular formula is C24H44O4. The number of carbonyl (C=O) groups excluding carboxylic acids is 2. The zero-order valence-electron chi connectivity index (χ0n) is 18.7. The molecule has 4 nitrogen and oxygen atoms in total. The molecule has 2 atom stereocenters. The number of ether oxygens (including phenoxy) is 2. The maximum Gasteiger partial charge on any atom is 0.309 e. The Morgan fingerprint density at radius 2 is 1.21 bits per heavy atom. The Kier molecular flexibility index (Phi) is 14.1. The summed E-state index contributed by atoms with van der Waals surface area (Å²) in [5, 5.41) is 0. The van der Waals surface area contributed by atoms with Crippen LogP contribution in [0.15, 0.2) is 0 Å². The van der Waals surface area contributed by atoms with Crippen molar-refractivity contribution in [1.82, 2.24) is 0 Å². The fourth-order valence-corrected chi connectivity index (χ4v) is 3.89. The van der Waals surface area contributed by atoms with E-state index in [9.17, 15) is 9.59 Å². The number of rotatable bonds is 15. The van der Waals surface area contributed by atoms with Gasteiger partial charge in [0, 0.05) is 0 Å². The van der Waals surface area contributed by atoms with Crippen molar-refractivity contribution in [1.29, 1.82) is 0 Å². The highest BCUT2D eigenvalue weighted by molar-refractivity contribution is 5.82. The van der Waals surface area contributed by atoms with Crippen molar-refractivity contribution >= 4 is 11.9 Å². The second-order valence-corrected chi connectivity index (χ2v) is 8.84. The van der Waals surface area contributed by atoms with E-state index in [4.69, 9.17) is 9.47 Å². The van der Waals surface area contributed by atoms with E-state index < -0.39 is 0 Å². The second-order valence-electron chi connectivity index (χ2n) is 8.84. The first-order chi connectivity index (χ1) is 13.6. The van der Waals surface area contributed by atoms with Gasteiger partial charge in [-0.3, -0.25) is 9.59 Å². The summed E-state index contributed by atoms with van der Waals surface area (Å²) >= 11 is 0. The van der Waals surface area contributed by atoms with Crippen LogP contribution in [0.3, 0.4) is 0 Å². The molecule has 0 heterocycles. The molecule has 1 rings (SSSR count). The van der Waals surface area contributed by atoms with Crippen LogP contribution in [0.1, 0.15) is 111 Å². The lowest BCUT2D eigenvalue weighted by Gasteiger charge is -2.28. The Morgan fingerprint density at radius 1 is 0.750 bits per heavy atom. The molecule has 1 aliphatic carbocycles. The molecule has 4 heteroatoms. The molecule has 0 bridgehead atoms. The molecule has 164 valence electrons. The van der Waals surface area contributed by atoms with Crippen LogP contribution in [-0.4, -0.2) is 25.2 Å². The molecule has 0 N–H and O–H groups in total. The first-order valence-electron chi connectivity index (χ1n) is 11.9. The van der Waals surface area contributed by atoms with Crippen molar-refractivity contribution in [2.75, 3.05) is 13.2 Å². The third kappa shape index (κ3) is 11.1. The van der Waals surface area contributed by atoms with Gasteiger partial charge in [-0.25, -0.2) is 0 Å². The first-order valence-corrected chi connectivity index (χ1v) is 11.9. The van der Waals surface area contributed by atoms with Gasteiger partial charge in [-0.1, -0.05) is 85.0 Å². The minimum Gasteiger partial charge on any atom is -0.465 e. The van der Waals surface area contributed by atoms with Crippen LogP contribution in [0.4, 0.5) is 0 Å². The van der Waals surface area contributed by atoms with Crippen LogP contribution in [0, 0.1) is 17.8 Å². The zero-order chi connectivity index (χ0) is 20.6. The van der Waals surface area contributed by atoms with Gasteiger partial charge in [-0.05, 0) is 31.6 Å². The molecule has 0 spiro atoms. The molecule has 0 aromatic rings. The second kappa shape index (κ2) is 15.8. The highest BCUT2D eigenvalue weighted by Gasteiger charge is 2.37. The van der Waals surface area contributed by atoms with Crippen LogP contribution in [0.25, 0.3) is 0 Å². The van der Waals surface area contributed by atoms with Crippen LogP contribution in [0.2, 0.25) is 0 Å². The lowest BCUT2D eigenvalue weighted by molar-refractivity contribution is -0.163. The van der Waals surface area contributed by atoms with Gasteiger partial charge in [0.05, 0.1) is 25.0 Å². The van der Waals surface area contributed by atoms with Gasteiger partial charge in [-0.2, -0.15) is 0 Å². The van der Waals surface area contributed by atoms with E-state index in [0.717, 1.165) is 44.9 Å². The van der Waals surface area contributed by atoms with E-state index in [0.29, 0.717) is 19.1 Å². The monoisotopic (exact) mass is 396 g/mol. The van der Waals surface area contributed by atoms with E-state index in [2.05, 4.69) is 20.8 Å².